The molecule has 122 valence electrons. The Balaban J connectivity index is 2.48. The molecule has 0 fully saturated rings. The molecule has 1 rings (SSSR count). The van der Waals surface area contributed by atoms with E-state index in [0.29, 0.717) is 18.0 Å². The number of aryl methyl sites for hydroxylation is 1. The topological polar surface area (TPSA) is 78.4 Å². The average Bonchev–Trinajstić information content (AvgIpc) is 2.45. The first-order chi connectivity index (χ1) is 10.2. The molecule has 0 spiro atoms. The van der Waals surface area contributed by atoms with Gasteiger partial charge in [-0.25, -0.2) is 0 Å². The van der Waals surface area contributed by atoms with Gasteiger partial charge in [-0.05, 0) is 44.2 Å². The highest BCUT2D eigenvalue weighted by molar-refractivity contribution is 6.39. The number of carbonyl (C=O) groups excluding carboxylic acids is 2. The second kappa shape index (κ2) is 7.94. The first-order valence-corrected chi connectivity index (χ1v) is 7.58. The third-order valence-corrected chi connectivity index (χ3v) is 3.49. The van der Waals surface area contributed by atoms with Crippen molar-refractivity contribution in [2.45, 2.75) is 46.1 Å². The number of nitrogens with one attached hydrogen (secondary N) is 2. The third kappa shape index (κ3) is 6.26. The standard InChI is InChI=1S/C17H26N2O3/c1-12(2)9-10-17(4,22)11-18-15(20)16(21)19-14-8-6-5-7-13(14)3/h5-8,12,22H,9-11H2,1-4H3,(H,18,20)(H,19,21)/t17-/m1/s1. The van der Waals surface area contributed by atoms with Crippen LogP contribution in [0.4, 0.5) is 5.69 Å². The molecule has 0 aliphatic heterocycles. The molecule has 0 saturated carbocycles. The Labute approximate surface area is 132 Å². The van der Waals surface area contributed by atoms with Gasteiger partial charge in [0.05, 0.1) is 5.60 Å². The van der Waals surface area contributed by atoms with Crippen molar-refractivity contribution in [3.63, 3.8) is 0 Å². The number of hydrogen-bond acceptors (Lipinski definition) is 3. The van der Waals surface area contributed by atoms with Crippen LogP contribution in [0.5, 0.6) is 0 Å². The third-order valence-electron chi connectivity index (χ3n) is 3.49. The van der Waals surface area contributed by atoms with E-state index in [1.54, 1.807) is 19.1 Å². The van der Waals surface area contributed by atoms with Gasteiger partial charge in [0, 0.05) is 12.2 Å². The molecular formula is C17H26N2O3. The van der Waals surface area contributed by atoms with Crippen molar-refractivity contribution in [3.8, 4) is 0 Å². The van der Waals surface area contributed by atoms with Gasteiger partial charge in [-0.2, -0.15) is 0 Å². The summed E-state index contributed by atoms with van der Waals surface area (Å²) in [5.41, 5.74) is 0.477. The quantitative estimate of drug-likeness (QED) is 0.705. The molecular weight excluding hydrogens is 280 g/mol. The van der Waals surface area contributed by atoms with Gasteiger partial charge < -0.3 is 15.7 Å². The molecule has 0 aliphatic carbocycles. The molecule has 5 heteroatoms. The van der Waals surface area contributed by atoms with E-state index >= 15 is 0 Å². The Morgan fingerprint density at radius 2 is 1.86 bits per heavy atom. The lowest BCUT2D eigenvalue weighted by Gasteiger charge is -2.24. The largest absolute Gasteiger partial charge is 0.388 e. The van der Waals surface area contributed by atoms with Gasteiger partial charge in [-0.1, -0.05) is 32.0 Å². The molecule has 0 aromatic heterocycles. The number of benzene rings is 1. The van der Waals surface area contributed by atoms with Crippen LogP contribution in [-0.2, 0) is 9.59 Å². The number of aliphatic hydroxyl groups is 1. The predicted octanol–water partition coefficient (Wildman–Crippen LogP) is 2.24. The highest BCUT2D eigenvalue weighted by atomic mass is 16.3. The Kier molecular flexibility index (Phi) is 6.56. The van der Waals surface area contributed by atoms with Gasteiger partial charge in [-0.3, -0.25) is 9.59 Å². The van der Waals surface area contributed by atoms with Gasteiger partial charge in [0.25, 0.3) is 0 Å². The minimum atomic E-state index is -1.01. The number of anilines is 1. The molecule has 0 radical (unpaired) electrons. The summed E-state index contributed by atoms with van der Waals surface area (Å²) in [7, 11) is 0. The van der Waals surface area contributed by atoms with Crippen LogP contribution in [-0.4, -0.2) is 29.1 Å². The molecule has 1 atom stereocenters. The van der Waals surface area contributed by atoms with E-state index < -0.39 is 17.4 Å². The lowest BCUT2D eigenvalue weighted by Crippen LogP contribution is -2.44. The zero-order valence-corrected chi connectivity index (χ0v) is 13.8. The Morgan fingerprint density at radius 3 is 2.45 bits per heavy atom. The molecule has 0 aliphatic rings. The summed E-state index contributed by atoms with van der Waals surface area (Å²) < 4.78 is 0. The number of para-hydroxylation sites is 1. The molecule has 0 bridgehead atoms. The van der Waals surface area contributed by atoms with Crippen LogP contribution in [0.25, 0.3) is 0 Å². The maximum Gasteiger partial charge on any atom is 0.313 e. The van der Waals surface area contributed by atoms with E-state index in [9.17, 15) is 14.7 Å². The Hall–Kier alpha value is -1.88. The second-order valence-electron chi connectivity index (χ2n) is 6.38. The summed E-state index contributed by atoms with van der Waals surface area (Å²) >= 11 is 0. The Bertz CT molecular complexity index is 524. The predicted molar refractivity (Wildman–Crippen MR) is 87.5 cm³/mol. The minimum Gasteiger partial charge on any atom is -0.388 e. The molecule has 2 amide bonds. The number of carbonyl (C=O) groups is 2. The van der Waals surface area contributed by atoms with Crippen molar-refractivity contribution in [1.82, 2.24) is 5.32 Å². The Morgan fingerprint density at radius 1 is 1.23 bits per heavy atom. The maximum absolute atomic E-state index is 11.8. The van der Waals surface area contributed by atoms with Crippen LogP contribution in [0.1, 0.15) is 39.2 Å². The molecule has 0 heterocycles. The number of hydrogen-bond donors (Lipinski definition) is 3. The molecule has 0 saturated heterocycles. The van der Waals surface area contributed by atoms with E-state index in [1.807, 2.05) is 19.1 Å². The summed E-state index contributed by atoms with van der Waals surface area (Å²) in [6.07, 6.45) is 1.43. The smallest absolute Gasteiger partial charge is 0.313 e. The summed E-state index contributed by atoms with van der Waals surface area (Å²) in [5.74, 6) is -0.992. The van der Waals surface area contributed by atoms with Crippen LogP contribution in [0, 0.1) is 12.8 Å². The summed E-state index contributed by atoms with van der Waals surface area (Å²) in [4.78, 5) is 23.7. The first kappa shape index (κ1) is 18.2. The molecule has 1 aromatic carbocycles. The fourth-order valence-electron chi connectivity index (χ4n) is 1.93. The number of amides is 2. The summed E-state index contributed by atoms with van der Waals surface area (Å²) in [6, 6.07) is 7.23. The van der Waals surface area contributed by atoms with Crippen molar-refractivity contribution in [1.29, 1.82) is 0 Å². The van der Waals surface area contributed by atoms with Crippen LogP contribution in [0.3, 0.4) is 0 Å². The molecule has 1 aromatic rings. The van der Waals surface area contributed by atoms with Crippen molar-refractivity contribution >= 4 is 17.5 Å². The van der Waals surface area contributed by atoms with E-state index in [2.05, 4.69) is 24.5 Å². The van der Waals surface area contributed by atoms with Gasteiger partial charge in [0.1, 0.15) is 0 Å². The van der Waals surface area contributed by atoms with Gasteiger partial charge in [0.15, 0.2) is 0 Å². The molecule has 0 unspecified atom stereocenters. The highest BCUT2D eigenvalue weighted by Gasteiger charge is 2.23. The number of rotatable bonds is 6. The van der Waals surface area contributed by atoms with Gasteiger partial charge in [-0.15, -0.1) is 0 Å². The SMILES string of the molecule is Cc1ccccc1NC(=O)C(=O)NC[C@](C)(O)CCC(C)C. The molecule has 5 nitrogen and oxygen atoms in total. The van der Waals surface area contributed by atoms with Gasteiger partial charge in [0.2, 0.25) is 0 Å². The monoisotopic (exact) mass is 306 g/mol. The summed E-state index contributed by atoms with van der Waals surface area (Å²) in [6.45, 7) is 7.72. The zero-order valence-electron chi connectivity index (χ0n) is 13.8. The molecule has 3 N–H and O–H groups in total. The van der Waals surface area contributed by atoms with Crippen LogP contribution in [0.2, 0.25) is 0 Å². The van der Waals surface area contributed by atoms with Crippen molar-refractivity contribution < 1.29 is 14.7 Å². The van der Waals surface area contributed by atoms with E-state index in [1.165, 1.54) is 0 Å². The van der Waals surface area contributed by atoms with Crippen LogP contribution < -0.4 is 10.6 Å². The normalized spacial score (nSPS) is 13.5. The van der Waals surface area contributed by atoms with Crippen LogP contribution >= 0.6 is 0 Å². The van der Waals surface area contributed by atoms with Gasteiger partial charge >= 0.3 is 11.8 Å². The second-order valence-corrected chi connectivity index (χ2v) is 6.38. The molecule has 22 heavy (non-hydrogen) atoms. The maximum atomic E-state index is 11.8. The van der Waals surface area contributed by atoms with Crippen molar-refractivity contribution in [3.05, 3.63) is 29.8 Å². The first-order valence-electron chi connectivity index (χ1n) is 7.58. The highest BCUT2D eigenvalue weighted by Crippen LogP contribution is 2.16. The van der Waals surface area contributed by atoms with E-state index in [-0.39, 0.29) is 6.54 Å². The van der Waals surface area contributed by atoms with Crippen LogP contribution in [0.15, 0.2) is 24.3 Å². The summed E-state index contributed by atoms with van der Waals surface area (Å²) in [5, 5.41) is 15.2. The van der Waals surface area contributed by atoms with E-state index in [0.717, 1.165) is 12.0 Å². The minimum absolute atomic E-state index is 0.0553. The lowest BCUT2D eigenvalue weighted by molar-refractivity contribution is -0.136. The lowest BCUT2D eigenvalue weighted by atomic mass is 9.95. The fraction of sp³-hybridized carbons (Fsp3) is 0.529. The zero-order chi connectivity index (χ0) is 16.8. The van der Waals surface area contributed by atoms with Crippen molar-refractivity contribution in [2.24, 2.45) is 5.92 Å². The fourth-order valence-corrected chi connectivity index (χ4v) is 1.93. The van der Waals surface area contributed by atoms with Crippen molar-refractivity contribution in [2.75, 3.05) is 11.9 Å². The average molecular weight is 306 g/mol. The van der Waals surface area contributed by atoms with E-state index in [4.69, 9.17) is 0 Å².